The van der Waals surface area contributed by atoms with Gasteiger partial charge in [-0.2, -0.15) is 0 Å². The van der Waals surface area contributed by atoms with E-state index in [9.17, 15) is 0 Å². The molecule has 74 heavy (non-hydrogen) atoms. The Hall–Kier alpha value is -1.18. The van der Waals surface area contributed by atoms with Gasteiger partial charge >= 0.3 is 0 Å². The second-order valence-electron chi connectivity index (χ2n) is 20.6. The van der Waals surface area contributed by atoms with E-state index in [0.29, 0.717) is 5.92 Å². The van der Waals surface area contributed by atoms with Gasteiger partial charge in [-0.1, -0.05) is 142 Å². The highest BCUT2D eigenvalue weighted by molar-refractivity contribution is 8.23. The average Bonchev–Trinajstić information content (AvgIpc) is 4.30. The molecule has 3 aliphatic rings. The van der Waals surface area contributed by atoms with Gasteiger partial charge in [0.05, 0.1) is 0 Å². The summed E-state index contributed by atoms with van der Waals surface area (Å²) in [6.45, 7) is 14.0. The Morgan fingerprint density at radius 2 is 1.04 bits per heavy atom. The summed E-state index contributed by atoms with van der Waals surface area (Å²) < 4.78 is 2.95. The maximum Gasteiger partial charge on any atom is 0.0493 e. The van der Waals surface area contributed by atoms with Gasteiger partial charge in [0.25, 0.3) is 0 Å². The lowest BCUT2D eigenvalue weighted by atomic mass is 9.98. The van der Waals surface area contributed by atoms with Crippen molar-refractivity contribution >= 4 is 128 Å². The van der Waals surface area contributed by atoms with Gasteiger partial charge < -0.3 is 0 Å². The first-order chi connectivity index (χ1) is 36.3. The normalized spacial score (nSPS) is 17.5. The molecule has 1 aliphatic heterocycles. The number of rotatable bonds is 33. The van der Waals surface area contributed by atoms with Gasteiger partial charge in [0.2, 0.25) is 0 Å². The highest BCUT2D eigenvalue weighted by Crippen LogP contribution is 2.59. The summed E-state index contributed by atoms with van der Waals surface area (Å²) in [4.78, 5) is 11.8. The van der Waals surface area contributed by atoms with Crippen LogP contribution in [0.1, 0.15) is 199 Å². The SMILES string of the molecule is CCCCCC/C(S)=C/C=C(\C)CS/C(SCc1ccc(CCCCCC)s1)=C1/c2cc3c(cc2-c2sccc21)/C(=C(\SCC1=CC(C)C(CCCCCC)S1)SCc1ccc(CCCCCC)s1)c1ccsc1-3. The number of aryl methyl sites for hydroxylation is 2. The maximum absolute atomic E-state index is 4.90. The monoisotopic (exact) mass is 1170 g/mol. The summed E-state index contributed by atoms with van der Waals surface area (Å²) in [5, 5.41) is 5.42. The molecule has 0 nitrogen and oxygen atoms in total. The number of thiol groups is 1. The van der Waals surface area contributed by atoms with Crippen molar-refractivity contribution in [2.75, 3.05) is 11.5 Å². The molecule has 0 bridgehead atoms. The van der Waals surface area contributed by atoms with Gasteiger partial charge in [0.15, 0.2) is 0 Å². The molecule has 0 N–H and O–H groups in total. The second kappa shape index (κ2) is 31.0. The van der Waals surface area contributed by atoms with Crippen LogP contribution in [0.3, 0.4) is 0 Å². The third kappa shape index (κ3) is 16.2. The molecule has 4 aromatic heterocycles. The molecule has 2 aliphatic carbocycles. The first-order valence-corrected chi connectivity index (χ1v) is 36.9. The molecule has 2 unspecified atom stereocenters. The van der Waals surface area contributed by atoms with Crippen LogP contribution in [0.5, 0.6) is 0 Å². The Labute approximate surface area is 491 Å². The van der Waals surface area contributed by atoms with Crippen LogP contribution in [0, 0.1) is 5.92 Å². The van der Waals surface area contributed by atoms with E-state index in [-0.39, 0.29) is 0 Å². The summed E-state index contributed by atoms with van der Waals surface area (Å²) in [5.74, 6) is 4.70. The molecular weight excluding hydrogens is 1090 g/mol. The predicted octanol–water partition coefficient (Wildman–Crippen LogP) is 24.2. The second-order valence-corrected chi connectivity index (χ2v) is 31.3. The number of hydrogen-bond acceptors (Lipinski definition) is 10. The Kier molecular flexibility index (Phi) is 24.7. The molecule has 0 radical (unpaired) electrons. The fraction of sp³-hybridized carbons (Fsp3) is 0.500. The zero-order valence-corrected chi connectivity index (χ0v) is 53.5. The molecule has 1 aromatic carbocycles. The molecule has 2 atom stereocenters. The number of thiophene rings is 4. The quantitative estimate of drug-likeness (QED) is 0.0247. The smallest absolute Gasteiger partial charge is 0.0493 e. The van der Waals surface area contributed by atoms with Crippen LogP contribution in [0.15, 0.2) is 101 Å². The van der Waals surface area contributed by atoms with Gasteiger partial charge in [-0.25, -0.2) is 0 Å². The van der Waals surface area contributed by atoms with Gasteiger partial charge in [-0.05, 0) is 138 Å². The van der Waals surface area contributed by atoms with Crippen LogP contribution in [0.4, 0.5) is 0 Å². The van der Waals surface area contributed by atoms with Gasteiger partial charge in [0.1, 0.15) is 0 Å². The lowest BCUT2D eigenvalue weighted by Crippen LogP contribution is -2.07. The molecule has 0 saturated carbocycles. The van der Waals surface area contributed by atoms with Crippen molar-refractivity contribution in [3.63, 3.8) is 0 Å². The number of hydrogen-bond donors (Lipinski definition) is 1. The molecule has 5 heterocycles. The zero-order chi connectivity index (χ0) is 51.7. The summed E-state index contributed by atoms with van der Waals surface area (Å²) >= 11 is 23.4. The van der Waals surface area contributed by atoms with Crippen molar-refractivity contribution in [1.82, 2.24) is 0 Å². The Balaban J connectivity index is 1.13. The molecule has 10 heteroatoms. The van der Waals surface area contributed by atoms with Crippen molar-refractivity contribution in [3.05, 3.63) is 143 Å². The van der Waals surface area contributed by atoms with Crippen LogP contribution < -0.4 is 0 Å². The van der Waals surface area contributed by atoms with Crippen molar-refractivity contribution in [2.24, 2.45) is 5.92 Å². The summed E-state index contributed by atoms with van der Waals surface area (Å²) in [5.41, 5.74) is 12.9. The predicted molar refractivity (Wildman–Crippen MR) is 354 cm³/mol. The highest BCUT2D eigenvalue weighted by Gasteiger charge is 2.35. The lowest BCUT2D eigenvalue weighted by molar-refractivity contribution is 0.569. The topological polar surface area (TPSA) is 0 Å². The molecule has 0 spiro atoms. The van der Waals surface area contributed by atoms with Crippen LogP contribution in [0.2, 0.25) is 0 Å². The first kappa shape index (κ1) is 59.0. The molecule has 0 amide bonds. The van der Waals surface area contributed by atoms with Gasteiger partial charge in [-0.15, -0.1) is 117 Å². The minimum atomic E-state index is 0.649. The number of benzene rings is 1. The van der Waals surface area contributed by atoms with Crippen LogP contribution in [-0.2, 0) is 24.3 Å². The third-order valence-electron chi connectivity index (χ3n) is 14.4. The average molecular weight is 1170 g/mol. The number of thioether (sulfide) groups is 5. The standard InChI is InChI=1S/C64H82S10/c1-7-11-15-19-23-46(65)28-27-44(5)40-68-63(69-41-49-31-29-47(72-49)24-20-16-12-8-2)59-52-33-35-66-61(52)56-39-55-57(38-54(56)59)62-53(34-36-67-62)60(55)64(70-42-50-32-30-48(73-50)25-21-17-13-9-3)71-43-51-37-45(6)58(74-51)26-22-18-14-10-4/h27-39,45,58,65H,7-26,40-43H2,1-6H3/b44-27+,46-28-,63-59-,64-60-. The van der Waals surface area contributed by atoms with E-state index >= 15 is 0 Å². The number of unbranched alkanes of at least 4 members (excludes halogenated alkanes) is 12. The lowest BCUT2D eigenvalue weighted by Gasteiger charge is -2.16. The zero-order valence-electron chi connectivity index (χ0n) is 45.3. The molecule has 8 rings (SSSR count). The van der Waals surface area contributed by atoms with E-state index in [1.165, 1.54) is 205 Å². The van der Waals surface area contributed by atoms with E-state index in [0.717, 1.165) is 34.7 Å². The van der Waals surface area contributed by atoms with Crippen molar-refractivity contribution in [2.45, 2.75) is 187 Å². The number of allylic oxidation sites excluding steroid dienone is 4. The molecule has 5 aromatic rings. The fourth-order valence-corrected chi connectivity index (χ4v) is 21.0. The van der Waals surface area contributed by atoms with Crippen LogP contribution >= 0.6 is 117 Å². The molecule has 0 fully saturated rings. The van der Waals surface area contributed by atoms with Gasteiger partial charge in [-0.3, -0.25) is 0 Å². The summed E-state index contributed by atoms with van der Waals surface area (Å²) in [6.07, 6.45) is 33.1. The largest absolute Gasteiger partial charge is 0.148 e. The van der Waals surface area contributed by atoms with E-state index in [4.69, 9.17) is 12.6 Å². The van der Waals surface area contributed by atoms with Crippen molar-refractivity contribution in [1.29, 1.82) is 0 Å². The van der Waals surface area contributed by atoms with E-state index in [1.807, 2.05) is 34.0 Å². The van der Waals surface area contributed by atoms with E-state index in [1.54, 1.807) is 14.7 Å². The van der Waals surface area contributed by atoms with Crippen LogP contribution in [-0.4, -0.2) is 16.8 Å². The molecule has 398 valence electrons. The fourth-order valence-electron chi connectivity index (χ4n) is 10.3. The highest BCUT2D eigenvalue weighted by atomic mass is 32.2. The Morgan fingerprint density at radius 3 is 1.59 bits per heavy atom. The summed E-state index contributed by atoms with van der Waals surface area (Å²) in [6, 6.07) is 19.8. The molecular formula is C64H82S10. The first-order valence-electron chi connectivity index (χ1n) is 28.2. The number of fused-ring (bicyclic) bond motifs is 6. The van der Waals surface area contributed by atoms with E-state index in [2.05, 4.69) is 189 Å². The Morgan fingerprint density at radius 1 is 0.541 bits per heavy atom. The minimum absolute atomic E-state index is 0.649. The Bertz CT molecular complexity index is 2720. The maximum atomic E-state index is 4.90. The van der Waals surface area contributed by atoms with Crippen molar-refractivity contribution < 1.29 is 0 Å². The van der Waals surface area contributed by atoms with Crippen molar-refractivity contribution in [3.8, 4) is 20.9 Å². The minimum Gasteiger partial charge on any atom is -0.148 e. The molecule has 0 saturated heterocycles. The van der Waals surface area contributed by atoms with Gasteiger partial charge in [0, 0.05) is 99.4 Å². The van der Waals surface area contributed by atoms with E-state index < -0.39 is 0 Å². The summed E-state index contributed by atoms with van der Waals surface area (Å²) in [7, 11) is 0. The third-order valence-corrected chi connectivity index (χ3v) is 26.3. The van der Waals surface area contributed by atoms with Crippen LogP contribution in [0.25, 0.3) is 32.0 Å².